The van der Waals surface area contributed by atoms with Crippen LogP contribution in [0.25, 0.3) is 10.8 Å². The van der Waals surface area contributed by atoms with Gasteiger partial charge in [-0.05, 0) is 40.3 Å². The number of likely N-dealkylation sites (tertiary alicyclic amines) is 1. The van der Waals surface area contributed by atoms with Gasteiger partial charge in [0.25, 0.3) is 0 Å². The summed E-state index contributed by atoms with van der Waals surface area (Å²) in [5.41, 5.74) is 0.366. The van der Waals surface area contributed by atoms with Crippen LogP contribution in [0.5, 0.6) is 11.5 Å². The maximum Gasteiger partial charge on any atom is 0.325 e. The molecule has 0 spiro atoms. The summed E-state index contributed by atoms with van der Waals surface area (Å²) in [4.78, 5) is 42.5. The standard InChI is InChI=1S/C32H28N2O6/c1-40-25-16-15-24(22-9-5-6-10-23(22)25)28-26-27(30(37)34(29(26)36)18-20-7-3-2-4-8-20)32(33-28,31(38)39)17-19-11-13-21(35)14-12-19/h2-16,26-28,33,35H,17-18H2,1H3,(H,38,39). The first-order valence-corrected chi connectivity index (χ1v) is 13.1. The molecule has 2 fully saturated rings. The van der Waals surface area contributed by atoms with Gasteiger partial charge in [-0.25, -0.2) is 0 Å². The minimum atomic E-state index is -1.76. The first-order chi connectivity index (χ1) is 19.3. The zero-order valence-corrected chi connectivity index (χ0v) is 21.8. The molecular formula is C32H28N2O6. The monoisotopic (exact) mass is 536 g/mol. The molecule has 0 aromatic heterocycles. The number of aromatic hydroxyl groups is 1. The highest BCUT2D eigenvalue weighted by Crippen LogP contribution is 2.51. The maximum atomic E-state index is 14.1. The number of carbonyl (C=O) groups is 3. The van der Waals surface area contributed by atoms with Crippen molar-refractivity contribution >= 4 is 28.6 Å². The molecule has 2 heterocycles. The molecule has 8 heteroatoms. The van der Waals surface area contributed by atoms with E-state index in [2.05, 4.69) is 5.32 Å². The first-order valence-electron chi connectivity index (χ1n) is 13.1. The lowest BCUT2D eigenvalue weighted by molar-refractivity contribution is -0.151. The van der Waals surface area contributed by atoms with Gasteiger partial charge in [-0.15, -0.1) is 0 Å². The minimum absolute atomic E-state index is 0.0490. The minimum Gasteiger partial charge on any atom is -0.508 e. The fourth-order valence-electron chi connectivity index (χ4n) is 6.37. The van der Waals surface area contributed by atoms with Crippen molar-refractivity contribution in [3.05, 3.63) is 108 Å². The molecule has 0 aliphatic carbocycles. The number of carbonyl (C=O) groups excluding carboxylic acids is 2. The molecule has 4 aromatic rings. The number of fused-ring (bicyclic) bond motifs is 2. The molecule has 202 valence electrons. The van der Waals surface area contributed by atoms with Crippen LogP contribution in [-0.2, 0) is 27.3 Å². The lowest BCUT2D eigenvalue weighted by Gasteiger charge is -2.31. The number of amides is 2. The van der Waals surface area contributed by atoms with Crippen molar-refractivity contribution in [2.75, 3.05) is 7.11 Å². The SMILES string of the molecule is COc1ccc(C2NC(Cc3ccc(O)cc3)(C(=O)O)C3C(=O)N(Cc4ccccc4)C(=O)C23)c2ccccc12. The molecule has 6 rings (SSSR count). The van der Waals surface area contributed by atoms with Crippen molar-refractivity contribution in [3.63, 3.8) is 0 Å². The van der Waals surface area contributed by atoms with Crippen molar-refractivity contribution < 1.29 is 29.3 Å². The summed E-state index contributed by atoms with van der Waals surface area (Å²) in [6, 6.07) is 25.9. The molecule has 2 aliphatic rings. The second-order valence-electron chi connectivity index (χ2n) is 10.4. The molecule has 2 aliphatic heterocycles. The van der Waals surface area contributed by atoms with Crippen LogP contribution >= 0.6 is 0 Å². The number of ether oxygens (including phenoxy) is 1. The highest BCUT2D eigenvalue weighted by molar-refractivity contribution is 6.10. The van der Waals surface area contributed by atoms with E-state index in [1.165, 1.54) is 17.0 Å². The van der Waals surface area contributed by atoms with Gasteiger partial charge in [-0.2, -0.15) is 0 Å². The van der Waals surface area contributed by atoms with E-state index < -0.39 is 41.2 Å². The third kappa shape index (κ3) is 3.99. The lowest BCUT2D eigenvalue weighted by atomic mass is 9.76. The summed E-state index contributed by atoms with van der Waals surface area (Å²) in [6.07, 6.45) is -0.0490. The Kier molecular flexibility index (Phi) is 6.27. The molecule has 2 saturated heterocycles. The number of carboxylic acids is 1. The molecule has 0 saturated carbocycles. The van der Waals surface area contributed by atoms with Gasteiger partial charge >= 0.3 is 5.97 Å². The summed E-state index contributed by atoms with van der Waals surface area (Å²) in [7, 11) is 1.58. The average Bonchev–Trinajstić information content (AvgIpc) is 3.44. The van der Waals surface area contributed by atoms with Gasteiger partial charge in [-0.3, -0.25) is 24.6 Å². The van der Waals surface area contributed by atoms with E-state index >= 15 is 0 Å². The molecule has 0 bridgehead atoms. The van der Waals surface area contributed by atoms with Gasteiger partial charge in [-0.1, -0.05) is 72.8 Å². The van der Waals surface area contributed by atoms with Gasteiger partial charge in [0.15, 0.2) is 0 Å². The Morgan fingerprint density at radius 1 is 0.875 bits per heavy atom. The Morgan fingerprint density at radius 2 is 1.55 bits per heavy atom. The van der Waals surface area contributed by atoms with Gasteiger partial charge in [0.05, 0.1) is 25.5 Å². The molecule has 2 amide bonds. The highest BCUT2D eigenvalue weighted by atomic mass is 16.5. The second-order valence-corrected chi connectivity index (χ2v) is 10.4. The van der Waals surface area contributed by atoms with Gasteiger partial charge in [0, 0.05) is 17.8 Å². The lowest BCUT2D eigenvalue weighted by Crippen LogP contribution is -2.57. The number of nitrogens with one attached hydrogen (secondary N) is 1. The fourth-order valence-corrected chi connectivity index (χ4v) is 6.37. The summed E-state index contributed by atoms with van der Waals surface area (Å²) in [5, 5.41) is 25.5. The zero-order chi connectivity index (χ0) is 28.0. The van der Waals surface area contributed by atoms with Crippen molar-refractivity contribution in [1.29, 1.82) is 0 Å². The summed E-state index contributed by atoms with van der Waals surface area (Å²) >= 11 is 0. The molecule has 3 N–H and O–H groups in total. The van der Waals surface area contributed by atoms with Crippen LogP contribution in [0.15, 0.2) is 91.0 Å². The van der Waals surface area contributed by atoms with Crippen molar-refractivity contribution in [3.8, 4) is 11.5 Å². The maximum absolute atomic E-state index is 14.1. The highest BCUT2D eigenvalue weighted by Gasteiger charge is 2.68. The quantitative estimate of drug-likeness (QED) is 0.305. The normalized spacial score (nSPS) is 23.9. The molecule has 8 nitrogen and oxygen atoms in total. The number of phenolic OH excluding ortho intramolecular Hbond substituents is 1. The Labute approximate surface area is 230 Å². The first kappa shape index (κ1) is 25.6. The van der Waals surface area contributed by atoms with Gasteiger partial charge in [0.2, 0.25) is 11.8 Å². The fraction of sp³-hybridized carbons (Fsp3) is 0.219. The molecular weight excluding hydrogens is 508 g/mol. The van der Waals surface area contributed by atoms with E-state index in [1.54, 1.807) is 25.3 Å². The van der Waals surface area contributed by atoms with Crippen molar-refractivity contribution in [2.24, 2.45) is 11.8 Å². The van der Waals surface area contributed by atoms with Crippen molar-refractivity contribution in [1.82, 2.24) is 10.2 Å². The number of nitrogens with zero attached hydrogens (tertiary/aromatic N) is 1. The number of methoxy groups -OCH3 is 1. The van der Waals surface area contributed by atoms with Gasteiger partial charge < -0.3 is 14.9 Å². The van der Waals surface area contributed by atoms with Crippen LogP contribution < -0.4 is 10.1 Å². The Morgan fingerprint density at radius 3 is 2.23 bits per heavy atom. The molecule has 0 radical (unpaired) electrons. The molecule has 4 unspecified atom stereocenters. The van der Waals surface area contributed by atoms with Crippen LogP contribution in [0.4, 0.5) is 0 Å². The average molecular weight is 537 g/mol. The van der Waals surface area contributed by atoms with E-state index in [0.717, 1.165) is 21.9 Å². The van der Waals surface area contributed by atoms with Crippen LogP contribution in [0.3, 0.4) is 0 Å². The largest absolute Gasteiger partial charge is 0.508 e. The Hall–Kier alpha value is -4.69. The van der Waals surface area contributed by atoms with Crippen LogP contribution in [0, 0.1) is 11.8 Å². The Bertz CT molecular complexity index is 1620. The molecule has 40 heavy (non-hydrogen) atoms. The van der Waals surface area contributed by atoms with E-state index in [-0.39, 0.29) is 18.7 Å². The van der Waals surface area contributed by atoms with E-state index in [9.17, 15) is 24.6 Å². The number of phenols is 1. The number of aliphatic carboxylic acids is 1. The number of imide groups is 1. The van der Waals surface area contributed by atoms with E-state index in [4.69, 9.17) is 4.74 Å². The van der Waals surface area contributed by atoms with Crippen molar-refractivity contribution in [2.45, 2.75) is 24.5 Å². The predicted octanol–water partition coefficient (Wildman–Crippen LogP) is 4.07. The number of benzene rings is 4. The van der Waals surface area contributed by atoms with E-state index in [0.29, 0.717) is 11.3 Å². The third-order valence-electron chi connectivity index (χ3n) is 8.20. The topological polar surface area (TPSA) is 116 Å². The Balaban J connectivity index is 1.51. The van der Waals surface area contributed by atoms with Crippen LogP contribution in [0.2, 0.25) is 0 Å². The van der Waals surface area contributed by atoms with Crippen LogP contribution in [0.1, 0.15) is 22.7 Å². The number of rotatable bonds is 7. The number of carboxylic acid groups (broad SMARTS) is 1. The van der Waals surface area contributed by atoms with E-state index in [1.807, 2.05) is 60.7 Å². The summed E-state index contributed by atoms with van der Waals surface area (Å²) in [5.74, 6) is -3.48. The summed E-state index contributed by atoms with van der Waals surface area (Å²) in [6.45, 7) is 0.0660. The molecule has 4 aromatic carbocycles. The van der Waals surface area contributed by atoms with Crippen LogP contribution in [-0.4, -0.2) is 45.5 Å². The third-order valence-corrected chi connectivity index (χ3v) is 8.20. The zero-order valence-electron chi connectivity index (χ0n) is 21.8. The van der Waals surface area contributed by atoms with Gasteiger partial charge in [0.1, 0.15) is 17.0 Å². The molecule has 4 atom stereocenters. The predicted molar refractivity (Wildman–Crippen MR) is 148 cm³/mol. The number of hydrogen-bond donors (Lipinski definition) is 3. The number of hydrogen-bond acceptors (Lipinski definition) is 6. The summed E-state index contributed by atoms with van der Waals surface area (Å²) < 4.78 is 5.56. The smallest absolute Gasteiger partial charge is 0.325 e. The second kappa shape index (κ2) is 9.81.